The molecule has 0 aliphatic carbocycles. The van der Waals surface area contributed by atoms with Gasteiger partial charge in [0.05, 0.1) is 51.7 Å². The minimum atomic E-state index is -0.0592. The Morgan fingerprint density at radius 2 is 1.63 bits per heavy atom. The maximum atomic E-state index is 12.0. The van der Waals surface area contributed by atoms with Gasteiger partial charge in [0.15, 0.2) is 0 Å². The zero-order chi connectivity index (χ0) is 27.4. The molecular weight excluding hydrogens is 512 g/mol. The number of rotatable bonds is 22. The molecule has 2 saturated heterocycles. The van der Waals surface area contributed by atoms with E-state index < -0.39 is 0 Å². The summed E-state index contributed by atoms with van der Waals surface area (Å²) in [5.74, 6) is 1.03. The van der Waals surface area contributed by atoms with Crippen molar-refractivity contribution in [3.05, 3.63) is 11.9 Å². The predicted octanol–water partition coefficient (Wildman–Crippen LogP) is 0.184. The number of carbonyl (C=O) groups excluding carboxylic acids is 3. The molecule has 2 heterocycles. The van der Waals surface area contributed by atoms with Gasteiger partial charge in [0.2, 0.25) is 11.8 Å². The molecule has 2 fully saturated rings. The topological polar surface area (TPSA) is 165 Å². The van der Waals surface area contributed by atoms with Crippen LogP contribution in [-0.4, -0.2) is 101 Å². The number of thioether (sulfide) groups is 1. The molecule has 2 aliphatic heterocycles. The van der Waals surface area contributed by atoms with E-state index in [0.717, 1.165) is 31.4 Å². The molecule has 2 rings (SSSR count). The largest absolute Gasteiger partial charge is 0.401 e. The van der Waals surface area contributed by atoms with Crippen molar-refractivity contribution < 1.29 is 28.6 Å². The molecule has 0 bridgehead atoms. The zero-order valence-electron chi connectivity index (χ0n) is 22.6. The van der Waals surface area contributed by atoms with Crippen LogP contribution in [0.2, 0.25) is 0 Å². The summed E-state index contributed by atoms with van der Waals surface area (Å²) in [7, 11) is 1.62. The third-order valence-electron chi connectivity index (χ3n) is 6.22. The third kappa shape index (κ3) is 14.1. The van der Waals surface area contributed by atoms with Gasteiger partial charge in [-0.05, 0) is 25.7 Å². The van der Waals surface area contributed by atoms with E-state index in [4.69, 9.17) is 19.9 Å². The average Bonchev–Trinajstić information content (AvgIpc) is 3.45. The standard InChI is InChI=1S/C25H46N6O6S/c1-27-22(32)8-4-5-19(26)17-28-9-11-35-13-15-37-16-14-36-12-10-29-23(33)7-3-2-6-21-24-20(18-38-21)30-25(34)31-24/h17,20-21,24,28H,2-16,18,26H2,1H3,(H,27,32)(H,29,33)(H2,30,31,34)/b19-17-/t20?,21-,24?/m1/s1. The molecule has 4 amide bonds. The Hall–Kier alpha value is -2.22. The van der Waals surface area contributed by atoms with Gasteiger partial charge in [0, 0.05) is 55.9 Å². The first-order chi connectivity index (χ1) is 18.5. The molecule has 13 heteroatoms. The van der Waals surface area contributed by atoms with Crippen LogP contribution in [0.15, 0.2) is 11.9 Å². The summed E-state index contributed by atoms with van der Waals surface area (Å²) in [5, 5.41) is 14.9. The van der Waals surface area contributed by atoms with E-state index in [-0.39, 0.29) is 29.9 Å². The molecular formula is C25H46N6O6S. The van der Waals surface area contributed by atoms with Crippen LogP contribution in [0.4, 0.5) is 4.79 Å². The quantitative estimate of drug-likeness (QED) is 0.0803. The molecule has 2 aliphatic rings. The van der Waals surface area contributed by atoms with Gasteiger partial charge >= 0.3 is 6.03 Å². The Bertz CT molecular complexity index is 743. The van der Waals surface area contributed by atoms with Gasteiger partial charge in [-0.15, -0.1) is 0 Å². The van der Waals surface area contributed by atoms with Crippen molar-refractivity contribution in [2.45, 2.75) is 62.3 Å². The molecule has 0 aromatic heterocycles. The number of hydrogen-bond donors (Lipinski definition) is 6. The van der Waals surface area contributed by atoms with E-state index in [1.165, 1.54) is 0 Å². The van der Waals surface area contributed by atoms with Crippen molar-refractivity contribution in [1.29, 1.82) is 0 Å². The summed E-state index contributed by atoms with van der Waals surface area (Å²) in [6.45, 7) is 4.04. The second kappa shape index (κ2) is 19.8. The third-order valence-corrected chi connectivity index (χ3v) is 7.73. The minimum Gasteiger partial charge on any atom is -0.401 e. The van der Waals surface area contributed by atoms with E-state index in [0.29, 0.717) is 82.9 Å². The van der Waals surface area contributed by atoms with Gasteiger partial charge in [-0.2, -0.15) is 11.8 Å². The van der Waals surface area contributed by atoms with Crippen LogP contribution in [0, 0.1) is 0 Å². The number of hydrogen-bond acceptors (Lipinski definition) is 9. The van der Waals surface area contributed by atoms with Crippen LogP contribution in [-0.2, 0) is 23.8 Å². The number of ether oxygens (including phenoxy) is 3. The van der Waals surface area contributed by atoms with Crippen LogP contribution in [0.25, 0.3) is 0 Å². The first-order valence-electron chi connectivity index (χ1n) is 13.6. The Labute approximate surface area is 230 Å². The van der Waals surface area contributed by atoms with E-state index in [1.807, 2.05) is 11.8 Å². The fourth-order valence-corrected chi connectivity index (χ4v) is 5.70. The number of unbranched alkanes of at least 4 members (excludes halogenated alkanes) is 1. The first-order valence-corrected chi connectivity index (χ1v) is 14.6. The minimum absolute atomic E-state index is 0.0209. The lowest BCUT2D eigenvalue weighted by Crippen LogP contribution is -2.36. The number of fused-ring (bicyclic) bond motifs is 1. The maximum Gasteiger partial charge on any atom is 0.315 e. The van der Waals surface area contributed by atoms with Gasteiger partial charge in [0.1, 0.15) is 0 Å². The van der Waals surface area contributed by atoms with Gasteiger partial charge in [-0.25, -0.2) is 4.79 Å². The summed E-state index contributed by atoms with van der Waals surface area (Å²) >= 11 is 1.90. The second-order valence-corrected chi connectivity index (χ2v) is 10.5. The fourth-order valence-electron chi connectivity index (χ4n) is 4.15. The summed E-state index contributed by atoms with van der Waals surface area (Å²) in [6, 6.07) is 0.418. The Morgan fingerprint density at radius 3 is 2.37 bits per heavy atom. The Morgan fingerprint density at radius 1 is 0.947 bits per heavy atom. The predicted molar refractivity (Wildman–Crippen MR) is 148 cm³/mol. The van der Waals surface area contributed by atoms with Crippen molar-refractivity contribution in [3.63, 3.8) is 0 Å². The number of amides is 4. The maximum absolute atomic E-state index is 12.0. The van der Waals surface area contributed by atoms with Crippen molar-refractivity contribution in [1.82, 2.24) is 26.6 Å². The van der Waals surface area contributed by atoms with Gasteiger partial charge in [-0.1, -0.05) is 6.42 Å². The summed E-state index contributed by atoms with van der Waals surface area (Å²) in [4.78, 5) is 34.5. The highest BCUT2D eigenvalue weighted by molar-refractivity contribution is 8.00. The van der Waals surface area contributed by atoms with Crippen molar-refractivity contribution >= 4 is 29.6 Å². The van der Waals surface area contributed by atoms with Crippen molar-refractivity contribution in [2.75, 3.05) is 65.5 Å². The molecule has 3 atom stereocenters. The molecule has 38 heavy (non-hydrogen) atoms. The highest BCUT2D eigenvalue weighted by Crippen LogP contribution is 2.33. The molecule has 7 N–H and O–H groups in total. The summed E-state index contributed by atoms with van der Waals surface area (Å²) < 4.78 is 16.4. The molecule has 12 nitrogen and oxygen atoms in total. The van der Waals surface area contributed by atoms with Crippen LogP contribution in [0.1, 0.15) is 44.9 Å². The van der Waals surface area contributed by atoms with Crippen LogP contribution >= 0.6 is 11.8 Å². The summed E-state index contributed by atoms with van der Waals surface area (Å²) in [5.41, 5.74) is 6.59. The van der Waals surface area contributed by atoms with E-state index >= 15 is 0 Å². The van der Waals surface area contributed by atoms with Gasteiger partial charge in [0.25, 0.3) is 0 Å². The highest BCUT2D eigenvalue weighted by atomic mass is 32.2. The zero-order valence-corrected chi connectivity index (χ0v) is 23.4. The Kier molecular flexibility index (Phi) is 16.7. The van der Waals surface area contributed by atoms with E-state index in [1.54, 1.807) is 13.2 Å². The first kappa shape index (κ1) is 32.0. The molecule has 0 spiro atoms. The number of urea groups is 1. The van der Waals surface area contributed by atoms with Crippen molar-refractivity contribution in [2.24, 2.45) is 5.73 Å². The van der Waals surface area contributed by atoms with Gasteiger partial charge < -0.3 is 46.5 Å². The fraction of sp³-hybridized carbons (Fsp3) is 0.800. The van der Waals surface area contributed by atoms with E-state index in [9.17, 15) is 14.4 Å². The lowest BCUT2D eigenvalue weighted by Gasteiger charge is -2.16. The molecule has 0 aromatic carbocycles. The van der Waals surface area contributed by atoms with E-state index in [2.05, 4.69) is 26.6 Å². The van der Waals surface area contributed by atoms with Crippen LogP contribution < -0.4 is 32.3 Å². The molecule has 218 valence electrons. The second-order valence-electron chi connectivity index (χ2n) is 9.25. The number of carbonyl (C=O) groups is 3. The Balaban J connectivity index is 1.28. The molecule has 0 saturated carbocycles. The monoisotopic (exact) mass is 558 g/mol. The average molecular weight is 559 g/mol. The van der Waals surface area contributed by atoms with Gasteiger partial charge in [-0.3, -0.25) is 9.59 Å². The van der Waals surface area contributed by atoms with Crippen LogP contribution in [0.5, 0.6) is 0 Å². The number of nitrogens with two attached hydrogens (primary N) is 1. The van der Waals surface area contributed by atoms with Crippen LogP contribution in [0.3, 0.4) is 0 Å². The normalized spacial score (nSPS) is 20.5. The lowest BCUT2D eigenvalue weighted by atomic mass is 10.0. The SMILES string of the molecule is CNC(=O)CCC/C(N)=C/NCCOCCOCCOCCNC(=O)CCCC[C@H]1SCC2NC(=O)NC21. The number of nitrogens with one attached hydrogen (secondary N) is 5. The highest BCUT2D eigenvalue weighted by Gasteiger charge is 2.42. The smallest absolute Gasteiger partial charge is 0.315 e. The van der Waals surface area contributed by atoms with Crippen molar-refractivity contribution in [3.8, 4) is 0 Å². The lowest BCUT2D eigenvalue weighted by molar-refractivity contribution is -0.122. The molecule has 0 radical (unpaired) electrons. The molecule has 0 aromatic rings. The number of allylic oxidation sites excluding steroid dienone is 1. The molecule has 2 unspecified atom stereocenters. The summed E-state index contributed by atoms with van der Waals surface area (Å²) in [6.07, 6.45) is 6.97.